The minimum Gasteiger partial charge on any atom is -0.504 e. The molecule has 0 atom stereocenters. The molecule has 0 bridgehead atoms. The summed E-state index contributed by atoms with van der Waals surface area (Å²) in [5.41, 5.74) is 1.45. The molecule has 0 unspecified atom stereocenters. The molecule has 0 amide bonds. The number of hydrogen-bond acceptors (Lipinski definition) is 2. The third-order valence-corrected chi connectivity index (χ3v) is 2.48. The lowest BCUT2D eigenvalue weighted by molar-refractivity contribution is 0.467. The summed E-state index contributed by atoms with van der Waals surface area (Å²) in [6.07, 6.45) is 2.34. The van der Waals surface area contributed by atoms with Crippen LogP contribution in [0.2, 0.25) is 0 Å². The van der Waals surface area contributed by atoms with Crippen molar-refractivity contribution in [2.24, 2.45) is 0 Å². The molecule has 2 heteroatoms. The van der Waals surface area contributed by atoms with Crippen LogP contribution in [0, 0.1) is 6.92 Å². The van der Waals surface area contributed by atoms with Gasteiger partial charge in [0.05, 0.1) is 0 Å². The van der Waals surface area contributed by atoms with Crippen LogP contribution in [0.3, 0.4) is 0 Å². The van der Waals surface area contributed by atoms with E-state index < -0.39 is 0 Å². The van der Waals surface area contributed by atoms with Crippen molar-refractivity contribution in [2.75, 3.05) is 0 Å². The zero-order valence-corrected chi connectivity index (χ0v) is 7.58. The van der Waals surface area contributed by atoms with Crippen LogP contribution in [0.4, 0.5) is 0 Å². The second-order valence-electron chi connectivity index (χ2n) is 3.65. The van der Waals surface area contributed by atoms with Gasteiger partial charge >= 0.3 is 0 Å². The Balaban J connectivity index is 2.59. The first kappa shape index (κ1) is 8.30. The van der Waals surface area contributed by atoms with Crippen molar-refractivity contribution in [2.45, 2.75) is 25.7 Å². The Morgan fingerprint density at radius 2 is 2.08 bits per heavy atom. The van der Waals surface area contributed by atoms with E-state index >= 15 is 0 Å². The summed E-state index contributed by atoms with van der Waals surface area (Å²) in [6.45, 7) is 1.74. The molecule has 0 radical (unpaired) electrons. The normalized spacial score (nSPS) is 15.8. The van der Waals surface area contributed by atoms with E-state index in [1.54, 1.807) is 13.0 Å². The van der Waals surface area contributed by atoms with E-state index in [-0.39, 0.29) is 11.2 Å². The molecule has 1 aliphatic carbocycles. The smallest absolute Gasteiger partial charge is 0.220 e. The predicted molar refractivity (Wildman–Crippen MR) is 51.1 cm³/mol. The van der Waals surface area contributed by atoms with Gasteiger partial charge < -0.3 is 5.11 Å². The van der Waals surface area contributed by atoms with Gasteiger partial charge in [-0.25, -0.2) is 0 Å². The predicted octanol–water partition coefficient (Wildman–Crippen LogP) is 1.94. The molecule has 1 aromatic rings. The highest BCUT2D eigenvalue weighted by Gasteiger charge is 2.23. The van der Waals surface area contributed by atoms with Gasteiger partial charge in [-0.1, -0.05) is 12.1 Å². The maximum atomic E-state index is 11.3. The summed E-state index contributed by atoms with van der Waals surface area (Å²) >= 11 is 0. The second kappa shape index (κ2) is 2.87. The van der Waals surface area contributed by atoms with Gasteiger partial charge in [0.1, 0.15) is 0 Å². The molecule has 1 aliphatic rings. The fraction of sp³-hybridized carbons (Fsp3) is 0.364. The Labute approximate surface area is 76.9 Å². The Morgan fingerprint density at radius 1 is 1.38 bits per heavy atom. The van der Waals surface area contributed by atoms with E-state index in [2.05, 4.69) is 0 Å². The van der Waals surface area contributed by atoms with Crippen molar-refractivity contribution in [1.29, 1.82) is 0 Å². The first-order valence-corrected chi connectivity index (χ1v) is 4.52. The highest BCUT2D eigenvalue weighted by atomic mass is 16.3. The molecular weight excluding hydrogens is 164 g/mol. The molecule has 0 aromatic heterocycles. The Morgan fingerprint density at radius 3 is 2.69 bits per heavy atom. The average molecular weight is 176 g/mol. The van der Waals surface area contributed by atoms with E-state index in [0.717, 1.165) is 5.56 Å². The monoisotopic (exact) mass is 176 g/mol. The summed E-state index contributed by atoms with van der Waals surface area (Å²) in [6, 6.07) is 5.30. The van der Waals surface area contributed by atoms with Crippen LogP contribution in [0.25, 0.3) is 0 Å². The topological polar surface area (TPSA) is 37.3 Å². The van der Waals surface area contributed by atoms with Crippen molar-refractivity contribution in [1.82, 2.24) is 0 Å². The Kier molecular flexibility index (Phi) is 1.83. The Bertz CT molecular complexity index is 392. The zero-order chi connectivity index (χ0) is 9.42. The molecule has 0 spiro atoms. The van der Waals surface area contributed by atoms with Gasteiger partial charge in [-0.3, -0.25) is 4.79 Å². The lowest BCUT2D eigenvalue weighted by Gasteiger charge is -1.87. The standard InChI is InChI=1S/C11H12O2/c1-7-2-3-9(8-4-5-8)6-10(12)11(7)13/h2-3,6,8H,4-5H2,1H3,(H,12,13). The molecule has 2 rings (SSSR count). The largest absolute Gasteiger partial charge is 0.504 e. The summed E-state index contributed by atoms with van der Waals surface area (Å²) in [4.78, 5) is 11.3. The van der Waals surface area contributed by atoms with Crippen molar-refractivity contribution in [3.8, 4) is 5.75 Å². The van der Waals surface area contributed by atoms with E-state index in [1.165, 1.54) is 12.8 Å². The summed E-state index contributed by atoms with van der Waals surface area (Å²) in [7, 11) is 0. The van der Waals surface area contributed by atoms with Crippen molar-refractivity contribution < 1.29 is 5.11 Å². The third kappa shape index (κ3) is 1.57. The summed E-state index contributed by atoms with van der Waals surface area (Å²) < 4.78 is 0. The average Bonchev–Trinajstić information content (AvgIpc) is 2.91. The number of aromatic hydroxyl groups is 1. The van der Waals surface area contributed by atoms with Gasteiger partial charge in [0, 0.05) is 0 Å². The second-order valence-corrected chi connectivity index (χ2v) is 3.65. The van der Waals surface area contributed by atoms with Gasteiger partial charge in [-0.15, -0.1) is 0 Å². The third-order valence-electron chi connectivity index (χ3n) is 2.48. The van der Waals surface area contributed by atoms with Crippen LogP contribution in [0.15, 0.2) is 23.0 Å². The van der Waals surface area contributed by atoms with Crippen LogP contribution < -0.4 is 5.43 Å². The quantitative estimate of drug-likeness (QED) is 0.710. The first-order valence-electron chi connectivity index (χ1n) is 4.52. The highest BCUT2D eigenvalue weighted by Crippen LogP contribution is 2.39. The molecule has 0 aliphatic heterocycles. The summed E-state index contributed by atoms with van der Waals surface area (Å²) in [5, 5.41) is 9.38. The maximum absolute atomic E-state index is 11.3. The van der Waals surface area contributed by atoms with Gasteiger partial charge in [-0.2, -0.15) is 0 Å². The van der Waals surface area contributed by atoms with Gasteiger partial charge in [0.2, 0.25) is 5.43 Å². The fourth-order valence-corrected chi connectivity index (χ4v) is 1.43. The number of rotatable bonds is 1. The van der Waals surface area contributed by atoms with Gasteiger partial charge in [0.15, 0.2) is 5.75 Å². The van der Waals surface area contributed by atoms with Crippen LogP contribution in [-0.4, -0.2) is 5.11 Å². The van der Waals surface area contributed by atoms with E-state index in [4.69, 9.17) is 0 Å². The van der Waals surface area contributed by atoms with E-state index in [0.29, 0.717) is 11.5 Å². The minimum absolute atomic E-state index is 0.119. The lowest BCUT2D eigenvalue weighted by atomic mass is 10.2. The van der Waals surface area contributed by atoms with Crippen molar-refractivity contribution >= 4 is 0 Å². The van der Waals surface area contributed by atoms with Crippen LogP contribution in [-0.2, 0) is 0 Å². The van der Waals surface area contributed by atoms with Gasteiger partial charge in [-0.05, 0) is 42.9 Å². The molecule has 0 heterocycles. The number of hydrogen-bond donors (Lipinski definition) is 1. The maximum Gasteiger partial charge on any atom is 0.220 e. The zero-order valence-electron chi connectivity index (χ0n) is 7.58. The molecule has 1 aromatic carbocycles. The SMILES string of the molecule is Cc1ccc(C2CC2)cc(=O)c1O. The Hall–Kier alpha value is -1.31. The van der Waals surface area contributed by atoms with Crippen LogP contribution in [0.5, 0.6) is 5.75 Å². The van der Waals surface area contributed by atoms with Crippen LogP contribution in [0.1, 0.15) is 29.9 Å². The summed E-state index contributed by atoms with van der Waals surface area (Å²) in [5.74, 6) is 0.436. The highest BCUT2D eigenvalue weighted by molar-refractivity contribution is 5.34. The van der Waals surface area contributed by atoms with E-state index in [1.807, 2.05) is 12.1 Å². The molecule has 1 N–H and O–H groups in total. The van der Waals surface area contributed by atoms with Gasteiger partial charge in [0.25, 0.3) is 0 Å². The van der Waals surface area contributed by atoms with Crippen molar-refractivity contribution in [3.05, 3.63) is 39.5 Å². The minimum atomic E-state index is -0.260. The molecule has 2 nitrogen and oxygen atoms in total. The fourth-order valence-electron chi connectivity index (χ4n) is 1.43. The molecule has 1 saturated carbocycles. The number of aryl methyl sites for hydroxylation is 1. The van der Waals surface area contributed by atoms with Crippen molar-refractivity contribution in [3.63, 3.8) is 0 Å². The van der Waals surface area contributed by atoms with Crippen LogP contribution >= 0.6 is 0 Å². The first-order chi connectivity index (χ1) is 6.18. The molecule has 68 valence electrons. The molecule has 1 fully saturated rings. The molecular formula is C11H12O2. The lowest BCUT2D eigenvalue weighted by Crippen LogP contribution is -1.96. The molecule has 0 saturated heterocycles. The van der Waals surface area contributed by atoms with E-state index in [9.17, 15) is 9.90 Å². The molecule has 13 heavy (non-hydrogen) atoms.